The first-order valence-corrected chi connectivity index (χ1v) is 7.18. The molecule has 1 aliphatic heterocycles. The summed E-state index contributed by atoms with van der Waals surface area (Å²) in [6, 6.07) is 12.1. The van der Waals surface area contributed by atoms with Crippen LogP contribution in [0.1, 0.15) is 11.1 Å². The first kappa shape index (κ1) is 14.1. The molecule has 0 fully saturated rings. The molecule has 0 amide bonds. The summed E-state index contributed by atoms with van der Waals surface area (Å²) >= 11 is 5.74. The lowest BCUT2D eigenvalue weighted by molar-refractivity contribution is -0.123. The van der Waals surface area contributed by atoms with Crippen LogP contribution in [0, 0.1) is 11.7 Å². The summed E-state index contributed by atoms with van der Waals surface area (Å²) in [5.41, 5.74) is 1.78. The van der Waals surface area contributed by atoms with E-state index in [2.05, 4.69) is 0 Å². The fraction of sp³-hybridized carbons (Fsp3) is 0.235. The van der Waals surface area contributed by atoms with Gasteiger partial charge in [-0.2, -0.15) is 0 Å². The second-order valence-corrected chi connectivity index (χ2v) is 5.62. The Morgan fingerprint density at radius 3 is 2.90 bits per heavy atom. The third-order valence-electron chi connectivity index (χ3n) is 3.70. The van der Waals surface area contributed by atoms with Crippen molar-refractivity contribution in [3.63, 3.8) is 0 Å². The van der Waals surface area contributed by atoms with Crippen LogP contribution in [0.4, 0.5) is 4.39 Å². The first-order chi connectivity index (χ1) is 10.1. The number of carbonyl (C=O) groups is 1. The van der Waals surface area contributed by atoms with Gasteiger partial charge in [-0.3, -0.25) is 4.79 Å². The third kappa shape index (κ3) is 3.08. The van der Waals surface area contributed by atoms with Gasteiger partial charge in [-0.1, -0.05) is 35.9 Å². The van der Waals surface area contributed by atoms with Crippen molar-refractivity contribution in [2.75, 3.05) is 6.61 Å². The molecular formula is C17H14ClFO2. The molecule has 0 bridgehead atoms. The molecule has 0 saturated carbocycles. The van der Waals surface area contributed by atoms with Gasteiger partial charge >= 0.3 is 0 Å². The highest BCUT2D eigenvalue weighted by atomic mass is 35.5. The highest BCUT2D eigenvalue weighted by molar-refractivity contribution is 6.30. The Kier molecular flexibility index (Phi) is 3.93. The van der Waals surface area contributed by atoms with Crippen molar-refractivity contribution in [3.8, 4) is 5.75 Å². The van der Waals surface area contributed by atoms with E-state index in [1.165, 1.54) is 12.1 Å². The number of para-hydroxylation sites is 1. The monoisotopic (exact) mass is 304 g/mol. The summed E-state index contributed by atoms with van der Waals surface area (Å²) in [6.45, 7) is 0.394. The number of rotatable bonds is 3. The summed E-state index contributed by atoms with van der Waals surface area (Å²) in [4.78, 5) is 12.4. The number of fused-ring (bicyclic) bond motifs is 1. The summed E-state index contributed by atoms with van der Waals surface area (Å²) in [5, 5.41) is 0.0468. The van der Waals surface area contributed by atoms with Crippen LogP contribution < -0.4 is 4.74 Å². The van der Waals surface area contributed by atoms with Crippen LogP contribution >= 0.6 is 11.6 Å². The topological polar surface area (TPSA) is 26.3 Å². The zero-order valence-electron chi connectivity index (χ0n) is 11.3. The predicted octanol–water partition coefficient (Wildman–Crippen LogP) is 3.84. The normalized spacial score (nSPS) is 17.0. The van der Waals surface area contributed by atoms with E-state index in [-0.39, 0.29) is 23.1 Å². The van der Waals surface area contributed by atoms with E-state index in [0.29, 0.717) is 13.0 Å². The number of hydrogen-bond donors (Lipinski definition) is 0. The summed E-state index contributed by atoms with van der Waals surface area (Å²) < 4.78 is 18.8. The fourth-order valence-electron chi connectivity index (χ4n) is 2.53. The maximum Gasteiger partial charge on any atom is 0.144 e. The van der Waals surface area contributed by atoms with Crippen LogP contribution in [0.15, 0.2) is 42.5 Å². The Labute approximate surface area is 127 Å². The minimum atomic E-state index is -0.470. The van der Waals surface area contributed by atoms with Crippen LogP contribution in [-0.4, -0.2) is 12.4 Å². The molecule has 0 radical (unpaired) electrons. The largest absolute Gasteiger partial charge is 0.493 e. The Hall–Kier alpha value is -1.87. The third-order valence-corrected chi connectivity index (χ3v) is 3.99. The number of benzene rings is 2. The van der Waals surface area contributed by atoms with Crippen molar-refractivity contribution in [2.45, 2.75) is 12.8 Å². The van der Waals surface area contributed by atoms with Crippen LogP contribution in [0.3, 0.4) is 0 Å². The minimum Gasteiger partial charge on any atom is -0.493 e. The Morgan fingerprint density at radius 1 is 1.29 bits per heavy atom. The molecule has 0 N–H and O–H groups in total. The molecule has 1 atom stereocenters. The molecule has 0 aliphatic carbocycles. The van der Waals surface area contributed by atoms with Crippen molar-refractivity contribution >= 4 is 17.4 Å². The standard InChI is InChI=1S/C17H14ClFO2/c18-14-7-11(5-6-15(14)19)8-16(20)13-9-12-3-1-2-4-17(12)21-10-13/h1-7,13H,8-10H2. The lowest BCUT2D eigenvalue weighted by Crippen LogP contribution is -2.29. The molecule has 21 heavy (non-hydrogen) atoms. The van der Waals surface area contributed by atoms with E-state index in [4.69, 9.17) is 16.3 Å². The molecule has 1 aliphatic rings. The number of Topliss-reactive ketones (excluding diaryl/α,β-unsaturated/α-hetero) is 1. The number of halogens is 2. The van der Waals surface area contributed by atoms with Crippen molar-refractivity contribution < 1.29 is 13.9 Å². The van der Waals surface area contributed by atoms with Crippen molar-refractivity contribution in [2.24, 2.45) is 5.92 Å². The van der Waals surface area contributed by atoms with E-state index >= 15 is 0 Å². The summed E-state index contributed by atoms with van der Waals surface area (Å²) in [6.07, 6.45) is 0.931. The van der Waals surface area contributed by atoms with Crippen molar-refractivity contribution in [3.05, 3.63) is 64.4 Å². The molecule has 0 saturated heterocycles. The molecule has 2 nitrogen and oxygen atoms in total. The molecule has 4 heteroatoms. The van der Waals surface area contributed by atoms with Gasteiger partial charge in [0, 0.05) is 6.42 Å². The zero-order valence-corrected chi connectivity index (χ0v) is 12.1. The molecule has 3 rings (SSSR count). The lowest BCUT2D eigenvalue weighted by Gasteiger charge is -2.24. The molecule has 2 aromatic rings. The first-order valence-electron chi connectivity index (χ1n) is 6.81. The molecular weight excluding hydrogens is 291 g/mol. The second-order valence-electron chi connectivity index (χ2n) is 5.21. The number of ketones is 1. The van der Waals surface area contributed by atoms with Crippen LogP contribution in [0.25, 0.3) is 0 Å². The maximum atomic E-state index is 13.1. The van der Waals surface area contributed by atoms with Gasteiger partial charge in [0.25, 0.3) is 0 Å². The molecule has 2 aromatic carbocycles. The van der Waals surface area contributed by atoms with Gasteiger partial charge in [0.1, 0.15) is 17.3 Å². The van der Waals surface area contributed by atoms with Gasteiger partial charge in [0.2, 0.25) is 0 Å². The quantitative estimate of drug-likeness (QED) is 0.861. The van der Waals surface area contributed by atoms with Gasteiger partial charge in [-0.05, 0) is 35.7 Å². The smallest absolute Gasteiger partial charge is 0.144 e. The fourth-order valence-corrected chi connectivity index (χ4v) is 2.73. The van der Waals surface area contributed by atoms with E-state index in [1.54, 1.807) is 6.07 Å². The average Bonchev–Trinajstić information content (AvgIpc) is 2.50. The molecule has 0 aromatic heterocycles. The zero-order chi connectivity index (χ0) is 14.8. The Balaban J connectivity index is 1.70. The Bertz CT molecular complexity index is 684. The van der Waals surface area contributed by atoms with Gasteiger partial charge in [0.05, 0.1) is 17.5 Å². The molecule has 1 heterocycles. The van der Waals surface area contributed by atoms with Gasteiger partial charge in [-0.15, -0.1) is 0 Å². The molecule has 0 spiro atoms. The van der Waals surface area contributed by atoms with Crippen LogP contribution in [-0.2, 0) is 17.6 Å². The minimum absolute atomic E-state index is 0.0468. The summed E-state index contributed by atoms with van der Waals surface area (Å²) in [5.74, 6) is 0.310. The van der Waals surface area contributed by atoms with E-state index in [9.17, 15) is 9.18 Å². The van der Waals surface area contributed by atoms with E-state index in [1.807, 2.05) is 24.3 Å². The van der Waals surface area contributed by atoms with Gasteiger partial charge in [0.15, 0.2) is 0 Å². The van der Waals surface area contributed by atoms with Gasteiger partial charge < -0.3 is 4.74 Å². The predicted molar refractivity (Wildman–Crippen MR) is 79.3 cm³/mol. The van der Waals surface area contributed by atoms with Crippen LogP contribution in [0.5, 0.6) is 5.75 Å². The number of ether oxygens (including phenoxy) is 1. The van der Waals surface area contributed by atoms with E-state index < -0.39 is 5.82 Å². The number of hydrogen-bond acceptors (Lipinski definition) is 2. The maximum absolute atomic E-state index is 13.1. The lowest BCUT2D eigenvalue weighted by atomic mass is 9.90. The highest BCUT2D eigenvalue weighted by Crippen LogP contribution is 2.28. The SMILES string of the molecule is O=C(Cc1ccc(F)c(Cl)c1)C1COc2ccccc2C1. The highest BCUT2D eigenvalue weighted by Gasteiger charge is 2.25. The van der Waals surface area contributed by atoms with Crippen molar-refractivity contribution in [1.29, 1.82) is 0 Å². The van der Waals surface area contributed by atoms with Crippen LogP contribution in [0.2, 0.25) is 5.02 Å². The molecule has 108 valence electrons. The summed E-state index contributed by atoms with van der Waals surface area (Å²) in [7, 11) is 0. The molecule has 1 unspecified atom stereocenters. The Morgan fingerprint density at radius 2 is 2.10 bits per heavy atom. The van der Waals surface area contributed by atoms with Crippen molar-refractivity contribution in [1.82, 2.24) is 0 Å². The number of carbonyl (C=O) groups excluding carboxylic acids is 1. The second kappa shape index (κ2) is 5.86. The van der Waals surface area contributed by atoms with E-state index in [0.717, 1.165) is 16.9 Å². The van der Waals surface area contributed by atoms with Gasteiger partial charge in [-0.25, -0.2) is 4.39 Å². The average molecular weight is 305 g/mol.